The Kier molecular flexibility index (Phi) is 2.87. The van der Waals surface area contributed by atoms with Crippen LogP contribution >= 0.6 is 0 Å². The van der Waals surface area contributed by atoms with Gasteiger partial charge in [0.15, 0.2) is 0 Å². The Morgan fingerprint density at radius 3 is 2.32 bits per heavy atom. The van der Waals surface area contributed by atoms with Crippen LogP contribution < -0.4 is 5.32 Å². The number of nitrogens with zero attached hydrogens (tertiary/aromatic N) is 1. The summed E-state index contributed by atoms with van der Waals surface area (Å²) >= 11 is 0. The van der Waals surface area contributed by atoms with E-state index < -0.39 is 0 Å². The van der Waals surface area contributed by atoms with Gasteiger partial charge in [0.1, 0.15) is 0 Å². The number of hydrogen-bond acceptors (Lipinski definition) is 2. The lowest BCUT2D eigenvalue weighted by Crippen LogP contribution is -2.57. The predicted molar refractivity (Wildman–Crippen MR) is 74.6 cm³/mol. The second-order valence-electron chi connectivity index (χ2n) is 7.35. The van der Waals surface area contributed by atoms with Gasteiger partial charge in [0.25, 0.3) is 0 Å². The molecule has 4 saturated carbocycles. The molecule has 0 radical (unpaired) electrons. The van der Waals surface area contributed by atoms with Crippen LogP contribution in [0.15, 0.2) is 0 Å². The number of amides is 1. The van der Waals surface area contributed by atoms with Gasteiger partial charge in [-0.25, -0.2) is 0 Å². The van der Waals surface area contributed by atoms with E-state index in [4.69, 9.17) is 0 Å². The molecule has 1 N–H and O–H groups in total. The normalized spacial score (nSPS) is 48.3. The molecule has 19 heavy (non-hydrogen) atoms. The summed E-state index contributed by atoms with van der Waals surface area (Å²) in [7, 11) is 0. The molecule has 3 nitrogen and oxygen atoms in total. The van der Waals surface area contributed by atoms with E-state index in [1.165, 1.54) is 32.1 Å². The SMILES string of the molecule is CCNC1CCN(C2C3CC4CC(C3)CC2C4)C1=O. The van der Waals surface area contributed by atoms with Gasteiger partial charge in [0, 0.05) is 12.6 Å². The maximum absolute atomic E-state index is 12.6. The van der Waals surface area contributed by atoms with Gasteiger partial charge < -0.3 is 10.2 Å². The highest BCUT2D eigenvalue weighted by Crippen LogP contribution is 2.55. The molecule has 1 unspecified atom stereocenters. The van der Waals surface area contributed by atoms with Crippen LogP contribution in [-0.2, 0) is 4.79 Å². The molecule has 5 rings (SSSR count). The summed E-state index contributed by atoms with van der Waals surface area (Å²) in [5.74, 6) is 4.07. The van der Waals surface area contributed by atoms with Crippen LogP contribution in [0.3, 0.4) is 0 Å². The summed E-state index contributed by atoms with van der Waals surface area (Å²) in [6.45, 7) is 4.01. The monoisotopic (exact) mass is 262 g/mol. The molecule has 0 aromatic heterocycles. The largest absolute Gasteiger partial charge is 0.338 e. The summed E-state index contributed by atoms with van der Waals surface area (Å²) in [6, 6.07) is 0.714. The average molecular weight is 262 g/mol. The Morgan fingerprint density at radius 1 is 1.11 bits per heavy atom. The number of hydrogen-bond donors (Lipinski definition) is 1. The lowest BCUT2D eigenvalue weighted by Gasteiger charge is -2.56. The molecular weight excluding hydrogens is 236 g/mol. The van der Waals surface area contributed by atoms with Gasteiger partial charge in [0.05, 0.1) is 6.04 Å². The molecule has 1 aliphatic heterocycles. The summed E-state index contributed by atoms with van der Waals surface area (Å²) in [4.78, 5) is 14.9. The Hall–Kier alpha value is -0.570. The van der Waals surface area contributed by atoms with E-state index in [1.54, 1.807) is 0 Å². The molecule has 0 aromatic rings. The minimum absolute atomic E-state index is 0.113. The Morgan fingerprint density at radius 2 is 1.74 bits per heavy atom. The first-order valence-electron chi connectivity index (χ1n) is 8.30. The summed E-state index contributed by atoms with van der Waals surface area (Å²) < 4.78 is 0. The standard InChI is InChI=1S/C16H26N2O/c1-2-17-14-3-4-18(16(14)19)15-12-6-10-5-11(8-12)9-13(15)7-10/h10-15,17H,2-9H2,1H3. The second kappa shape index (κ2) is 4.47. The van der Waals surface area contributed by atoms with E-state index >= 15 is 0 Å². The minimum atomic E-state index is 0.113. The van der Waals surface area contributed by atoms with Crippen molar-refractivity contribution < 1.29 is 4.79 Å². The Labute approximate surface area is 116 Å². The van der Waals surface area contributed by atoms with Crippen LogP contribution in [0.4, 0.5) is 0 Å². The van der Waals surface area contributed by atoms with E-state index in [9.17, 15) is 4.79 Å². The second-order valence-corrected chi connectivity index (χ2v) is 7.35. The zero-order valence-corrected chi connectivity index (χ0v) is 12.0. The zero-order chi connectivity index (χ0) is 13.0. The van der Waals surface area contributed by atoms with Gasteiger partial charge in [-0.1, -0.05) is 6.92 Å². The van der Waals surface area contributed by atoms with Crippen LogP contribution in [0, 0.1) is 23.7 Å². The highest BCUT2D eigenvalue weighted by atomic mass is 16.2. The van der Waals surface area contributed by atoms with E-state index in [0.717, 1.165) is 43.2 Å². The lowest BCUT2D eigenvalue weighted by atomic mass is 9.54. The zero-order valence-electron chi connectivity index (χ0n) is 12.0. The molecule has 1 heterocycles. The number of carbonyl (C=O) groups is 1. The third-order valence-corrected chi connectivity index (χ3v) is 6.23. The quantitative estimate of drug-likeness (QED) is 0.844. The van der Waals surface area contributed by atoms with Crippen molar-refractivity contribution in [3.05, 3.63) is 0 Å². The molecular formula is C16H26N2O. The van der Waals surface area contributed by atoms with Gasteiger partial charge in [-0.2, -0.15) is 0 Å². The van der Waals surface area contributed by atoms with Crippen molar-refractivity contribution >= 4 is 5.91 Å². The molecule has 0 spiro atoms. The fourth-order valence-corrected chi connectivity index (χ4v) is 5.84. The van der Waals surface area contributed by atoms with Gasteiger partial charge in [-0.05, 0) is 68.7 Å². The number of likely N-dealkylation sites (N-methyl/N-ethyl adjacent to an activating group) is 1. The van der Waals surface area contributed by atoms with E-state index in [1.807, 2.05) is 0 Å². The van der Waals surface area contributed by atoms with E-state index in [0.29, 0.717) is 11.9 Å². The summed E-state index contributed by atoms with van der Waals surface area (Å²) in [6.07, 6.45) is 8.16. The van der Waals surface area contributed by atoms with E-state index in [2.05, 4.69) is 17.1 Å². The molecule has 5 fully saturated rings. The fraction of sp³-hybridized carbons (Fsp3) is 0.938. The van der Waals surface area contributed by atoms with Crippen LogP contribution in [0.2, 0.25) is 0 Å². The third-order valence-electron chi connectivity index (χ3n) is 6.23. The highest BCUT2D eigenvalue weighted by Gasteiger charge is 2.52. The van der Waals surface area contributed by atoms with Crippen LogP contribution in [0.25, 0.3) is 0 Å². The first kappa shape index (κ1) is 12.2. The van der Waals surface area contributed by atoms with Gasteiger partial charge in [-0.15, -0.1) is 0 Å². The minimum Gasteiger partial charge on any atom is -0.338 e. The van der Waals surface area contributed by atoms with Crippen molar-refractivity contribution in [1.82, 2.24) is 10.2 Å². The van der Waals surface area contributed by atoms with Crippen molar-refractivity contribution in [2.45, 2.75) is 57.5 Å². The van der Waals surface area contributed by atoms with Crippen molar-refractivity contribution in [3.8, 4) is 0 Å². The average Bonchev–Trinajstić information content (AvgIpc) is 2.71. The van der Waals surface area contributed by atoms with Gasteiger partial charge in [0.2, 0.25) is 5.91 Å². The Bertz CT molecular complexity index is 353. The molecule has 4 aliphatic carbocycles. The lowest BCUT2D eigenvalue weighted by molar-refractivity contribution is -0.140. The van der Waals surface area contributed by atoms with Crippen molar-refractivity contribution in [2.24, 2.45) is 23.7 Å². The summed E-state index contributed by atoms with van der Waals surface area (Å²) in [5, 5.41) is 3.36. The Balaban J connectivity index is 1.52. The van der Waals surface area contributed by atoms with Crippen LogP contribution in [0.5, 0.6) is 0 Å². The van der Waals surface area contributed by atoms with Crippen molar-refractivity contribution in [3.63, 3.8) is 0 Å². The number of rotatable bonds is 3. The maximum Gasteiger partial charge on any atom is 0.240 e. The summed E-state index contributed by atoms with van der Waals surface area (Å²) in [5.41, 5.74) is 0. The maximum atomic E-state index is 12.6. The third kappa shape index (κ3) is 1.84. The molecule has 5 aliphatic rings. The molecule has 1 amide bonds. The first-order valence-corrected chi connectivity index (χ1v) is 8.30. The number of nitrogens with one attached hydrogen (secondary N) is 1. The topological polar surface area (TPSA) is 32.3 Å². The van der Waals surface area contributed by atoms with Crippen LogP contribution in [-0.4, -0.2) is 36.0 Å². The van der Waals surface area contributed by atoms with E-state index in [-0.39, 0.29) is 6.04 Å². The van der Waals surface area contributed by atoms with Gasteiger partial charge >= 0.3 is 0 Å². The molecule has 4 bridgehead atoms. The van der Waals surface area contributed by atoms with Crippen LogP contribution in [0.1, 0.15) is 45.4 Å². The molecule has 1 saturated heterocycles. The fourth-order valence-electron chi connectivity index (χ4n) is 5.84. The number of carbonyl (C=O) groups excluding carboxylic acids is 1. The molecule has 0 aromatic carbocycles. The predicted octanol–water partition coefficient (Wildman–Crippen LogP) is 2.02. The van der Waals surface area contributed by atoms with Crippen molar-refractivity contribution in [2.75, 3.05) is 13.1 Å². The van der Waals surface area contributed by atoms with Gasteiger partial charge in [-0.3, -0.25) is 4.79 Å². The first-order chi connectivity index (χ1) is 9.26. The molecule has 3 heteroatoms. The molecule has 106 valence electrons. The highest BCUT2D eigenvalue weighted by molar-refractivity contribution is 5.84. The van der Waals surface area contributed by atoms with Crippen molar-refractivity contribution in [1.29, 1.82) is 0 Å². The smallest absolute Gasteiger partial charge is 0.240 e. The number of likely N-dealkylation sites (tertiary alicyclic amines) is 1. The molecule has 1 atom stereocenters.